The van der Waals surface area contributed by atoms with Crippen LogP contribution in [-0.4, -0.2) is 0 Å². The van der Waals surface area contributed by atoms with Crippen molar-refractivity contribution >= 4 is 43.2 Å². The molecule has 1 aromatic carbocycles. The van der Waals surface area contributed by atoms with Crippen LogP contribution in [0, 0.1) is 13.1 Å². The average Bonchev–Trinajstić information content (AvgIpc) is 2.09. The van der Waals surface area contributed by atoms with Gasteiger partial charge in [0.1, 0.15) is 0 Å². The predicted octanol–water partition coefficient (Wildman–Crippen LogP) is 4.31. The quantitative estimate of drug-likeness (QED) is 0.628. The van der Waals surface area contributed by atoms with Crippen molar-refractivity contribution in [3.63, 3.8) is 0 Å². The zero-order chi connectivity index (χ0) is 9.14. The summed E-state index contributed by atoms with van der Waals surface area (Å²) in [5.41, 5.74) is 0.750. The number of rotatable bonds is 0. The average molecular weight is 286 g/mol. The molecule has 0 aromatic heterocycles. The lowest BCUT2D eigenvalue weighted by molar-refractivity contribution is 1.61. The predicted molar refractivity (Wildman–Crippen MR) is 54.4 cm³/mol. The zero-order valence-electron chi connectivity index (χ0n) is 5.81. The molecule has 12 heavy (non-hydrogen) atoms. The fourth-order valence-corrected chi connectivity index (χ4v) is 1.37. The van der Waals surface area contributed by atoms with Gasteiger partial charge >= 0.3 is 0 Å². The summed E-state index contributed by atoms with van der Waals surface area (Å²) < 4.78 is 1.59. The van der Waals surface area contributed by atoms with Crippen LogP contribution in [-0.2, 0) is 0 Å². The van der Waals surface area contributed by atoms with Crippen LogP contribution in [0.3, 0.4) is 0 Å². The first-order valence-electron chi connectivity index (χ1n) is 2.93. The first kappa shape index (κ1) is 9.25. The first-order chi connectivity index (χ1) is 5.69. The van der Waals surface area contributed by atoms with E-state index in [-0.39, 0.29) is 0 Å². The molecule has 0 amide bonds. The first-order valence-corrected chi connectivity index (χ1v) is 4.51. The van der Waals surface area contributed by atoms with Crippen molar-refractivity contribution in [2.24, 2.45) is 0 Å². The summed E-state index contributed by atoms with van der Waals surface area (Å²) >= 11 is 6.51. The van der Waals surface area contributed by atoms with Crippen LogP contribution in [0.2, 0.25) is 0 Å². The van der Waals surface area contributed by atoms with Gasteiger partial charge in [-0.2, -0.15) is 0 Å². The molecular weight excluding hydrogens is 284 g/mol. The second-order valence-corrected chi connectivity index (χ2v) is 3.69. The third-order valence-corrected chi connectivity index (χ3v) is 3.10. The van der Waals surface area contributed by atoms with Crippen LogP contribution in [0.1, 0.15) is 0 Å². The molecule has 0 atom stereocenters. The van der Waals surface area contributed by atoms with Crippen molar-refractivity contribution in [1.29, 1.82) is 0 Å². The SMILES string of the molecule is [C-]#[N+]c1cc(Br)c(Br)cc1[N+]#[C-]. The molecule has 0 bridgehead atoms. The maximum Gasteiger partial charge on any atom is 0.195 e. The smallest absolute Gasteiger partial charge is 0.195 e. The van der Waals surface area contributed by atoms with E-state index >= 15 is 0 Å². The van der Waals surface area contributed by atoms with Crippen LogP contribution in [0.15, 0.2) is 21.1 Å². The van der Waals surface area contributed by atoms with Crippen LogP contribution in [0.4, 0.5) is 11.4 Å². The number of hydrogen-bond acceptors (Lipinski definition) is 0. The number of benzene rings is 1. The van der Waals surface area contributed by atoms with Gasteiger partial charge in [0.25, 0.3) is 0 Å². The molecule has 0 fully saturated rings. The van der Waals surface area contributed by atoms with Crippen LogP contribution in [0.5, 0.6) is 0 Å². The molecule has 0 radical (unpaired) electrons. The fourth-order valence-electron chi connectivity index (χ4n) is 0.705. The normalized spacial score (nSPS) is 8.67. The molecular formula is C8H2Br2N2. The maximum absolute atomic E-state index is 6.80. The van der Waals surface area contributed by atoms with E-state index in [4.69, 9.17) is 13.1 Å². The molecule has 0 saturated heterocycles. The van der Waals surface area contributed by atoms with E-state index in [1.54, 1.807) is 12.1 Å². The minimum absolute atomic E-state index is 0.375. The molecule has 0 N–H and O–H groups in total. The summed E-state index contributed by atoms with van der Waals surface area (Å²) in [5, 5.41) is 0. The summed E-state index contributed by atoms with van der Waals surface area (Å²) in [4.78, 5) is 6.46. The van der Waals surface area contributed by atoms with Gasteiger partial charge in [-0.3, -0.25) is 9.69 Å². The van der Waals surface area contributed by atoms with Crippen LogP contribution >= 0.6 is 31.9 Å². The van der Waals surface area contributed by atoms with Crippen molar-refractivity contribution in [2.75, 3.05) is 0 Å². The van der Waals surface area contributed by atoms with Crippen LogP contribution < -0.4 is 0 Å². The third-order valence-electron chi connectivity index (χ3n) is 1.26. The van der Waals surface area contributed by atoms with E-state index in [2.05, 4.69) is 41.5 Å². The summed E-state index contributed by atoms with van der Waals surface area (Å²) in [7, 11) is 0. The largest absolute Gasteiger partial charge is 0.250 e. The minimum Gasteiger partial charge on any atom is -0.250 e. The highest BCUT2D eigenvalue weighted by Crippen LogP contribution is 2.36. The van der Waals surface area contributed by atoms with Gasteiger partial charge in [-0.25, -0.2) is 0 Å². The van der Waals surface area contributed by atoms with Gasteiger partial charge in [-0.05, 0) is 0 Å². The number of hydrogen-bond donors (Lipinski definition) is 0. The highest BCUT2D eigenvalue weighted by atomic mass is 79.9. The highest BCUT2D eigenvalue weighted by Gasteiger charge is 2.05. The molecule has 1 aromatic rings. The van der Waals surface area contributed by atoms with Crippen molar-refractivity contribution in [3.05, 3.63) is 43.9 Å². The van der Waals surface area contributed by atoms with Crippen molar-refractivity contribution in [3.8, 4) is 0 Å². The van der Waals surface area contributed by atoms with Gasteiger partial charge in [0, 0.05) is 8.95 Å². The summed E-state index contributed by atoms with van der Waals surface area (Å²) in [6, 6.07) is 3.26. The second-order valence-electron chi connectivity index (χ2n) is 1.98. The Hall–Kier alpha value is -0.840. The summed E-state index contributed by atoms with van der Waals surface area (Å²) in [6.45, 7) is 13.6. The highest BCUT2D eigenvalue weighted by molar-refractivity contribution is 9.13. The fraction of sp³-hybridized carbons (Fsp3) is 0. The molecule has 0 unspecified atom stereocenters. The molecule has 0 aliphatic rings. The molecule has 1 rings (SSSR count). The van der Waals surface area contributed by atoms with E-state index in [0.29, 0.717) is 11.4 Å². The van der Waals surface area contributed by atoms with Gasteiger partial charge in [0.05, 0.1) is 13.1 Å². The Morgan fingerprint density at radius 1 is 0.917 bits per heavy atom. The zero-order valence-corrected chi connectivity index (χ0v) is 8.98. The monoisotopic (exact) mass is 284 g/mol. The van der Waals surface area contributed by atoms with Gasteiger partial charge in [0.15, 0.2) is 11.4 Å². The van der Waals surface area contributed by atoms with E-state index in [0.717, 1.165) is 8.95 Å². The van der Waals surface area contributed by atoms with Gasteiger partial charge in [-0.1, -0.05) is 44.0 Å². The molecule has 4 heteroatoms. The Balaban J connectivity index is 3.44. The van der Waals surface area contributed by atoms with Gasteiger partial charge in [-0.15, -0.1) is 0 Å². The maximum atomic E-state index is 6.80. The topological polar surface area (TPSA) is 8.72 Å². The Labute approximate surface area is 87.1 Å². The van der Waals surface area contributed by atoms with Gasteiger partial charge in [0.2, 0.25) is 0 Å². The Morgan fingerprint density at radius 3 is 1.50 bits per heavy atom. The molecule has 58 valence electrons. The summed E-state index contributed by atoms with van der Waals surface area (Å²) in [5.74, 6) is 0. The van der Waals surface area contributed by atoms with Crippen molar-refractivity contribution in [2.45, 2.75) is 0 Å². The molecule has 0 spiro atoms. The Morgan fingerprint density at radius 2 is 1.25 bits per heavy atom. The molecule has 0 aliphatic heterocycles. The summed E-state index contributed by atoms with van der Waals surface area (Å²) in [6.07, 6.45) is 0. The van der Waals surface area contributed by atoms with E-state index in [1.165, 1.54) is 0 Å². The number of nitrogens with zero attached hydrogens (tertiary/aromatic N) is 2. The second kappa shape index (κ2) is 3.71. The van der Waals surface area contributed by atoms with E-state index < -0.39 is 0 Å². The number of halogens is 2. The Kier molecular flexibility index (Phi) is 2.86. The lowest BCUT2D eigenvalue weighted by Gasteiger charge is -1.98. The lowest BCUT2D eigenvalue weighted by Crippen LogP contribution is -1.69. The minimum atomic E-state index is 0.375. The molecule has 0 saturated carbocycles. The Bertz CT molecular complexity index is 360. The molecule has 2 nitrogen and oxygen atoms in total. The van der Waals surface area contributed by atoms with E-state index in [1.807, 2.05) is 0 Å². The van der Waals surface area contributed by atoms with E-state index in [9.17, 15) is 0 Å². The standard InChI is InChI=1S/C8H2Br2N2/c1-11-7-3-5(9)6(10)4-8(7)12-2/h3-4H. The molecule has 0 heterocycles. The third kappa shape index (κ3) is 1.66. The van der Waals surface area contributed by atoms with Crippen LogP contribution in [0.25, 0.3) is 9.69 Å². The van der Waals surface area contributed by atoms with Crippen molar-refractivity contribution < 1.29 is 0 Å². The molecule has 0 aliphatic carbocycles. The van der Waals surface area contributed by atoms with Gasteiger partial charge < -0.3 is 0 Å². The lowest BCUT2D eigenvalue weighted by atomic mass is 10.3. The van der Waals surface area contributed by atoms with Crippen molar-refractivity contribution in [1.82, 2.24) is 0 Å².